The van der Waals surface area contributed by atoms with E-state index in [9.17, 15) is 9.90 Å². The van der Waals surface area contributed by atoms with Crippen LogP contribution in [0.15, 0.2) is 28.7 Å². The molecule has 1 heterocycles. The predicted molar refractivity (Wildman–Crippen MR) is 61.5 cm³/mol. The first-order chi connectivity index (χ1) is 7.53. The maximum Gasteiger partial charge on any atom is 0.137 e. The first-order valence-corrected chi connectivity index (χ1v) is 5.26. The van der Waals surface area contributed by atoms with Crippen LogP contribution in [-0.2, 0) is 10.4 Å². The molecule has 16 heavy (non-hydrogen) atoms. The van der Waals surface area contributed by atoms with E-state index in [1.54, 1.807) is 31.2 Å². The second-order valence-electron chi connectivity index (χ2n) is 3.94. The van der Waals surface area contributed by atoms with Crippen molar-refractivity contribution in [2.45, 2.75) is 18.9 Å². The second-order valence-corrected chi connectivity index (χ2v) is 4.37. The molecule has 0 bridgehead atoms. The summed E-state index contributed by atoms with van der Waals surface area (Å²) in [6, 6.07) is 6.90. The maximum atomic E-state index is 10.4. The minimum atomic E-state index is -1.27. The summed E-state index contributed by atoms with van der Waals surface area (Å²) in [7, 11) is 0. The van der Waals surface area contributed by atoms with E-state index in [0.29, 0.717) is 22.7 Å². The van der Waals surface area contributed by atoms with E-state index in [2.05, 4.69) is 0 Å². The van der Waals surface area contributed by atoms with Gasteiger partial charge in [0.15, 0.2) is 0 Å². The molecule has 0 radical (unpaired) electrons. The Morgan fingerprint density at radius 3 is 2.94 bits per heavy atom. The van der Waals surface area contributed by atoms with Crippen molar-refractivity contribution in [3.63, 3.8) is 0 Å². The highest BCUT2D eigenvalue weighted by Crippen LogP contribution is 2.30. The third-order valence-corrected chi connectivity index (χ3v) is 2.73. The predicted octanol–water partition coefficient (Wildman–Crippen LogP) is 2.88. The lowest BCUT2D eigenvalue weighted by molar-refractivity contribution is -0.112. The lowest BCUT2D eigenvalue weighted by Gasteiger charge is -2.16. The average Bonchev–Trinajstić information content (AvgIpc) is 2.61. The van der Waals surface area contributed by atoms with Crippen molar-refractivity contribution in [2.24, 2.45) is 0 Å². The lowest BCUT2D eigenvalue weighted by Crippen LogP contribution is -2.20. The molecule has 1 N–H and O–H groups in total. The van der Waals surface area contributed by atoms with Crippen LogP contribution < -0.4 is 0 Å². The number of fused-ring (bicyclic) bond motifs is 1. The maximum absolute atomic E-state index is 10.4. The van der Waals surface area contributed by atoms with E-state index in [1.165, 1.54) is 0 Å². The minimum Gasteiger partial charge on any atom is -0.458 e. The molecule has 0 aliphatic heterocycles. The van der Waals surface area contributed by atoms with E-state index in [1.807, 2.05) is 0 Å². The van der Waals surface area contributed by atoms with Gasteiger partial charge in [0.1, 0.15) is 23.2 Å². The van der Waals surface area contributed by atoms with Crippen molar-refractivity contribution in [3.05, 3.63) is 35.0 Å². The quantitative estimate of drug-likeness (QED) is 0.837. The SMILES string of the molecule is CC(O)(CC=O)c1cc2cc(Cl)ccc2o1. The van der Waals surface area contributed by atoms with Crippen LogP contribution in [0.3, 0.4) is 0 Å². The summed E-state index contributed by atoms with van der Waals surface area (Å²) in [4.78, 5) is 10.4. The molecule has 1 aromatic carbocycles. The summed E-state index contributed by atoms with van der Waals surface area (Å²) >= 11 is 5.84. The molecule has 84 valence electrons. The fourth-order valence-corrected chi connectivity index (χ4v) is 1.72. The van der Waals surface area contributed by atoms with Crippen molar-refractivity contribution >= 4 is 28.9 Å². The summed E-state index contributed by atoms with van der Waals surface area (Å²) in [5.41, 5.74) is -0.627. The van der Waals surface area contributed by atoms with Crippen LogP contribution in [0.5, 0.6) is 0 Å². The second kappa shape index (κ2) is 3.92. The molecule has 3 nitrogen and oxygen atoms in total. The Hall–Kier alpha value is -1.32. The number of aldehydes is 1. The van der Waals surface area contributed by atoms with E-state index in [4.69, 9.17) is 16.0 Å². The Kier molecular flexibility index (Phi) is 2.74. The monoisotopic (exact) mass is 238 g/mol. The summed E-state index contributed by atoms with van der Waals surface area (Å²) in [6.07, 6.45) is 0.667. The van der Waals surface area contributed by atoms with Gasteiger partial charge in [-0.05, 0) is 31.2 Å². The number of carbonyl (C=O) groups excluding carboxylic acids is 1. The summed E-state index contributed by atoms with van der Waals surface area (Å²) < 4.78 is 5.47. The fourth-order valence-electron chi connectivity index (χ4n) is 1.54. The molecule has 4 heteroatoms. The van der Waals surface area contributed by atoms with Crippen LogP contribution in [0, 0.1) is 0 Å². The Labute approximate surface area is 97.6 Å². The molecule has 0 saturated carbocycles. The Morgan fingerprint density at radius 1 is 1.50 bits per heavy atom. The molecular weight excluding hydrogens is 228 g/mol. The number of hydrogen-bond acceptors (Lipinski definition) is 3. The molecule has 0 aliphatic carbocycles. The molecular formula is C12H11ClO3. The number of rotatable bonds is 3. The highest BCUT2D eigenvalue weighted by atomic mass is 35.5. The molecule has 2 aromatic rings. The van der Waals surface area contributed by atoms with Gasteiger partial charge in [0.05, 0.1) is 0 Å². The van der Waals surface area contributed by atoms with E-state index < -0.39 is 5.60 Å². The van der Waals surface area contributed by atoms with Gasteiger partial charge in [-0.2, -0.15) is 0 Å². The lowest BCUT2D eigenvalue weighted by atomic mass is 10.00. The highest BCUT2D eigenvalue weighted by Gasteiger charge is 2.26. The van der Waals surface area contributed by atoms with Crippen LogP contribution >= 0.6 is 11.6 Å². The normalized spacial score (nSPS) is 14.9. The standard InChI is InChI=1S/C12H11ClO3/c1-12(15,4-5-14)11-7-8-6-9(13)2-3-10(8)16-11/h2-3,5-7,15H,4H2,1H3. The summed E-state index contributed by atoms with van der Waals surface area (Å²) in [6.45, 7) is 1.54. The van der Waals surface area contributed by atoms with Gasteiger partial charge in [-0.3, -0.25) is 0 Å². The molecule has 2 rings (SSSR count). The number of benzene rings is 1. The highest BCUT2D eigenvalue weighted by molar-refractivity contribution is 6.31. The molecule has 0 aliphatic rings. The van der Waals surface area contributed by atoms with Crippen molar-refractivity contribution < 1.29 is 14.3 Å². The third kappa shape index (κ3) is 1.96. The number of hydrogen-bond donors (Lipinski definition) is 1. The smallest absolute Gasteiger partial charge is 0.137 e. The largest absolute Gasteiger partial charge is 0.458 e. The summed E-state index contributed by atoms with van der Waals surface area (Å²) in [5.74, 6) is 0.372. The van der Waals surface area contributed by atoms with E-state index in [0.717, 1.165) is 5.39 Å². The Balaban J connectivity index is 2.50. The molecule has 0 fully saturated rings. The average molecular weight is 239 g/mol. The summed E-state index contributed by atoms with van der Waals surface area (Å²) in [5, 5.41) is 11.4. The molecule has 1 aromatic heterocycles. The molecule has 0 spiro atoms. The zero-order valence-electron chi connectivity index (χ0n) is 8.74. The van der Waals surface area contributed by atoms with Gasteiger partial charge < -0.3 is 14.3 Å². The van der Waals surface area contributed by atoms with E-state index in [-0.39, 0.29) is 6.42 Å². The van der Waals surface area contributed by atoms with Crippen LogP contribution in [0.25, 0.3) is 11.0 Å². The number of furan rings is 1. The fraction of sp³-hybridized carbons (Fsp3) is 0.250. The first-order valence-electron chi connectivity index (χ1n) is 4.88. The molecule has 0 saturated heterocycles. The molecule has 1 unspecified atom stereocenters. The van der Waals surface area contributed by atoms with Gasteiger partial charge in [-0.25, -0.2) is 0 Å². The van der Waals surface area contributed by atoms with E-state index >= 15 is 0 Å². The van der Waals surface area contributed by atoms with Crippen LogP contribution in [0.1, 0.15) is 19.1 Å². The minimum absolute atomic E-state index is 0.000550. The van der Waals surface area contributed by atoms with Gasteiger partial charge in [-0.1, -0.05) is 11.6 Å². The van der Waals surface area contributed by atoms with Crippen molar-refractivity contribution in [2.75, 3.05) is 0 Å². The van der Waals surface area contributed by atoms with Crippen molar-refractivity contribution in [3.8, 4) is 0 Å². The Morgan fingerprint density at radius 2 is 2.25 bits per heavy atom. The first kappa shape index (κ1) is 11.2. The Bertz CT molecular complexity index is 528. The van der Waals surface area contributed by atoms with Crippen LogP contribution in [0.4, 0.5) is 0 Å². The number of carbonyl (C=O) groups is 1. The van der Waals surface area contributed by atoms with Gasteiger partial charge in [0.25, 0.3) is 0 Å². The van der Waals surface area contributed by atoms with Crippen molar-refractivity contribution in [1.29, 1.82) is 0 Å². The van der Waals surface area contributed by atoms with Crippen LogP contribution in [0.2, 0.25) is 5.02 Å². The topological polar surface area (TPSA) is 50.4 Å². The van der Waals surface area contributed by atoms with Gasteiger partial charge in [-0.15, -0.1) is 0 Å². The van der Waals surface area contributed by atoms with Gasteiger partial charge in [0, 0.05) is 16.8 Å². The number of aliphatic hydroxyl groups is 1. The molecule has 0 amide bonds. The van der Waals surface area contributed by atoms with Gasteiger partial charge >= 0.3 is 0 Å². The third-order valence-electron chi connectivity index (χ3n) is 2.49. The zero-order chi connectivity index (χ0) is 11.8. The van der Waals surface area contributed by atoms with Gasteiger partial charge in [0.2, 0.25) is 0 Å². The molecule has 1 atom stereocenters. The zero-order valence-corrected chi connectivity index (χ0v) is 9.49. The number of halogens is 1. The van der Waals surface area contributed by atoms with Crippen LogP contribution in [-0.4, -0.2) is 11.4 Å². The van der Waals surface area contributed by atoms with Crippen molar-refractivity contribution in [1.82, 2.24) is 0 Å².